The molecule has 1 aliphatic heterocycles. The van der Waals surface area contributed by atoms with Crippen LogP contribution in [0.15, 0.2) is 46.9 Å². The average molecular weight is 346 g/mol. The van der Waals surface area contributed by atoms with Gasteiger partial charge in [0, 0.05) is 16.8 Å². The van der Waals surface area contributed by atoms with Crippen LogP contribution in [0.1, 0.15) is 22.6 Å². The Balaban J connectivity index is 1.94. The number of fused-ring (bicyclic) bond motifs is 1. The Morgan fingerprint density at radius 3 is 2.62 bits per heavy atom. The fourth-order valence-electron chi connectivity index (χ4n) is 2.87. The van der Waals surface area contributed by atoms with Gasteiger partial charge in [-0.1, -0.05) is 40.2 Å². The standard InChI is InChI=1S/C17H16BrNO2/c18-13-6-4-11(5-7-13)10-14-16-12(8-9-20)2-1-3-15(16)19-17(14)21/h1-7,14,20H,8-10H2,(H,19,21). The molecule has 4 heteroatoms. The topological polar surface area (TPSA) is 49.3 Å². The molecule has 0 bridgehead atoms. The Bertz CT molecular complexity index is 667. The van der Waals surface area contributed by atoms with Crippen molar-refractivity contribution in [2.24, 2.45) is 0 Å². The normalized spacial score (nSPS) is 16.7. The van der Waals surface area contributed by atoms with Gasteiger partial charge in [0.15, 0.2) is 0 Å². The highest BCUT2D eigenvalue weighted by atomic mass is 79.9. The highest BCUT2D eigenvalue weighted by molar-refractivity contribution is 9.10. The summed E-state index contributed by atoms with van der Waals surface area (Å²) in [4.78, 5) is 12.3. The Morgan fingerprint density at radius 1 is 1.14 bits per heavy atom. The number of anilines is 1. The summed E-state index contributed by atoms with van der Waals surface area (Å²) in [5, 5.41) is 12.2. The highest BCUT2D eigenvalue weighted by Crippen LogP contribution is 2.37. The summed E-state index contributed by atoms with van der Waals surface area (Å²) in [6.45, 7) is 0.0929. The first-order valence-electron chi connectivity index (χ1n) is 6.97. The SMILES string of the molecule is O=C1Nc2cccc(CCO)c2C1Cc1ccc(Br)cc1. The number of nitrogens with one attached hydrogen (secondary N) is 1. The lowest BCUT2D eigenvalue weighted by atomic mass is 9.89. The molecule has 0 aliphatic carbocycles. The second-order valence-corrected chi connectivity index (χ2v) is 6.14. The molecule has 0 radical (unpaired) electrons. The Labute approximate surface area is 132 Å². The molecule has 1 aliphatic rings. The summed E-state index contributed by atoms with van der Waals surface area (Å²) in [5.41, 5.74) is 4.10. The molecule has 2 aromatic rings. The molecule has 3 rings (SSSR count). The van der Waals surface area contributed by atoms with Crippen LogP contribution in [0, 0.1) is 0 Å². The summed E-state index contributed by atoms with van der Waals surface area (Å²) in [6, 6.07) is 13.9. The van der Waals surface area contributed by atoms with Gasteiger partial charge in [-0.3, -0.25) is 4.79 Å². The summed E-state index contributed by atoms with van der Waals surface area (Å²) >= 11 is 3.42. The van der Waals surface area contributed by atoms with Crippen molar-refractivity contribution >= 4 is 27.5 Å². The van der Waals surface area contributed by atoms with Crippen LogP contribution in [0.5, 0.6) is 0 Å². The molecule has 108 valence electrons. The van der Waals surface area contributed by atoms with Gasteiger partial charge in [-0.25, -0.2) is 0 Å². The van der Waals surface area contributed by atoms with Gasteiger partial charge in [0.25, 0.3) is 0 Å². The maximum atomic E-state index is 12.3. The van der Waals surface area contributed by atoms with E-state index < -0.39 is 0 Å². The molecule has 0 spiro atoms. The van der Waals surface area contributed by atoms with Crippen molar-refractivity contribution < 1.29 is 9.90 Å². The van der Waals surface area contributed by atoms with Gasteiger partial charge in [-0.2, -0.15) is 0 Å². The van der Waals surface area contributed by atoms with Crippen LogP contribution in [0.4, 0.5) is 5.69 Å². The lowest BCUT2D eigenvalue weighted by Crippen LogP contribution is -2.15. The first-order valence-corrected chi connectivity index (χ1v) is 7.76. The van der Waals surface area contributed by atoms with E-state index in [1.165, 1.54) is 0 Å². The Morgan fingerprint density at radius 2 is 1.90 bits per heavy atom. The maximum Gasteiger partial charge on any atom is 0.232 e. The number of carbonyl (C=O) groups is 1. The molecular weight excluding hydrogens is 330 g/mol. The summed E-state index contributed by atoms with van der Waals surface area (Å²) in [7, 11) is 0. The molecule has 1 unspecified atom stereocenters. The molecule has 0 aromatic heterocycles. The Hall–Kier alpha value is -1.65. The third-order valence-electron chi connectivity index (χ3n) is 3.85. The zero-order valence-corrected chi connectivity index (χ0v) is 13.1. The lowest BCUT2D eigenvalue weighted by molar-refractivity contribution is -0.117. The van der Waals surface area contributed by atoms with E-state index in [9.17, 15) is 9.90 Å². The van der Waals surface area contributed by atoms with Crippen molar-refractivity contribution in [1.29, 1.82) is 0 Å². The van der Waals surface area contributed by atoms with Crippen molar-refractivity contribution in [1.82, 2.24) is 0 Å². The second-order valence-electron chi connectivity index (χ2n) is 5.22. The van der Waals surface area contributed by atoms with Gasteiger partial charge in [0.1, 0.15) is 0 Å². The summed E-state index contributed by atoms with van der Waals surface area (Å²) in [5.74, 6) is -0.137. The number of aliphatic hydroxyl groups is 1. The van der Waals surface area contributed by atoms with E-state index in [2.05, 4.69) is 21.2 Å². The van der Waals surface area contributed by atoms with Gasteiger partial charge in [0.05, 0.1) is 5.92 Å². The highest BCUT2D eigenvalue weighted by Gasteiger charge is 2.32. The molecule has 0 saturated heterocycles. The molecule has 1 amide bonds. The number of carbonyl (C=O) groups excluding carboxylic acids is 1. The summed E-state index contributed by atoms with van der Waals surface area (Å²) in [6.07, 6.45) is 1.25. The number of aliphatic hydroxyl groups excluding tert-OH is 1. The van der Waals surface area contributed by atoms with Gasteiger partial charge in [0.2, 0.25) is 5.91 Å². The van der Waals surface area contributed by atoms with E-state index in [0.29, 0.717) is 12.8 Å². The predicted molar refractivity (Wildman–Crippen MR) is 86.4 cm³/mol. The second kappa shape index (κ2) is 6.00. The molecule has 3 nitrogen and oxygen atoms in total. The van der Waals surface area contributed by atoms with Crippen LogP contribution in [0.25, 0.3) is 0 Å². The third-order valence-corrected chi connectivity index (χ3v) is 4.38. The van der Waals surface area contributed by atoms with Crippen LogP contribution in [-0.4, -0.2) is 17.6 Å². The zero-order valence-electron chi connectivity index (χ0n) is 11.5. The molecule has 21 heavy (non-hydrogen) atoms. The van der Waals surface area contributed by atoms with Crippen LogP contribution in [-0.2, 0) is 17.6 Å². The van der Waals surface area contributed by atoms with Crippen molar-refractivity contribution in [3.63, 3.8) is 0 Å². The molecule has 0 saturated carbocycles. The Kier molecular flexibility index (Phi) is 4.08. The molecular formula is C17H16BrNO2. The van der Waals surface area contributed by atoms with Gasteiger partial charge < -0.3 is 10.4 Å². The quantitative estimate of drug-likeness (QED) is 0.893. The van der Waals surface area contributed by atoms with Crippen molar-refractivity contribution in [2.45, 2.75) is 18.8 Å². The van der Waals surface area contributed by atoms with E-state index in [1.807, 2.05) is 42.5 Å². The minimum Gasteiger partial charge on any atom is -0.396 e. The number of amides is 1. The number of hydrogen-bond acceptors (Lipinski definition) is 2. The molecule has 1 heterocycles. The van der Waals surface area contributed by atoms with E-state index >= 15 is 0 Å². The fourth-order valence-corrected chi connectivity index (χ4v) is 3.14. The number of benzene rings is 2. The first kappa shape index (κ1) is 14.3. The minimum absolute atomic E-state index is 0.0401. The van der Waals surface area contributed by atoms with Crippen LogP contribution in [0.2, 0.25) is 0 Å². The predicted octanol–water partition coefficient (Wildman–Crippen LogP) is 3.26. The molecule has 2 aromatic carbocycles. The first-order chi connectivity index (χ1) is 10.2. The van der Waals surface area contributed by atoms with Crippen LogP contribution < -0.4 is 5.32 Å². The largest absolute Gasteiger partial charge is 0.396 e. The number of rotatable bonds is 4. The van der Waals surface area contributed by atoms with Gasteiger partial charge >= 0.3 is 0 Å². The molecule has 2 N–H and O–H groups in total. The lowest BCUT2D eigenvalue weighted by Gasteiger charge is -2.13. The van der Waals surface area contributed by atoms with Gasteiger partial charge in [-0.15, -0.1) is 0 Å². The monoisotopic (exact) mass is 345 g/mol. The van der Waals surface area contributed by atoms with Crippen molar-refractivity contribution in [3.8, 4) is 0 Å². The van der Waals surface area contributed by atoms with E-state index in [-0.39, 0.29) is 18.4 Å². The van der Waals surface area contributed by atoms with Crippen molar-refractivity contribution in [2.75, 3.05) is 11.9 Å². The van der Waals surface area contributed by atoms with Gasteiger partial charge in [-0.05, 0) is 47.7 Å². The van der Waals surface area contributed by atoms with Crippen LogP contribution in [0.3, 0.4) is 0 Å². The zero-order chi connectivity index (χ0) is 14.8. The average Bonchev–Trinajstić information content (AvgIpc) is 2.79. The molecule has 0 fully saturated rings. The van der Waals surface area contributed by atoms with E-state index in [0.717, 1.165) is 26.9 Å². The van der Waals surface area contributed by atoms with E-state index in [1.54, 1.807) is 0 Å². The smallest absolute Gasteiger partial charge is 0.232 e. The molecule has 1 atom stereocenters. The number of hydrogen-bond donors (Lipinski definition) is 2. The number of halogens is 1. The minimum atomic E-state index is -0.177. The fraction of sp³-hybridized carbons (Fsp3) is 0.235. The van der Waals surface area contributed by atoms with Crippen LogP contribution >= 0.6 is 15.9 Å². The van der Waals surface area contributed by atoms with Crippen molar-refractivity contribution in [3.05, 3.63) is 63.6 Å². The maximum absolute atomic E-state index is 12.3. The van der Waals surface area contributed by atoms with E-state index in [4.69, 9.17) is 0 Å². The third kappa shape index (κ3) is 2.87. The summed E-state index contributed by atoms with van der Waals surface area (Å²) < 4.78 is 1.03.